The number of aromatic nitrogens is 5. The highest BCUT2D eigenvalue weighted by Crippen LogP contribution is 2.15. The summed E-state index contributed by atoms with van der Waals surface area (Å²) >= 11 is 3.34. The Bertz CT molecular complexity index is 617. The molecule has 0 N–H and O–H groups in total. The molecule has 3 heterocycles. The minimum atomic E-state index is 0.701. The first-order chi connectivity index (χ1) is 6.84. The highest BCUT2D eigenvalue weighted by molar-refractivity contribution is 9.10. The third kappa shape index (κ3) is 1.00. The van der Waals surface area contributed by atoms with Gasteiger partial charge in [-0.15, -0.1) is 10.2 Å². The van der Waals surface area contributed by atoms with Gasteiger partial charge in [0.25, 0.3) is 0 Å². The number of pyridine rings is 1. The largest absolute Gasteiger partial charge is 0.262 e. The molecule has 6 heteroatoms. The van der Waals surface area contributed by atoms with Crippen LogP contribution in [0, 0.1) is 0 Å². The lowest BCUT2D eigenvalue weighted by molar-refractivity contribution is 1.10. The van der Waals surface area contributed by atoms with Crippen LogP contribution >= 0.6 is 15.9 Å². The zero-order valence-electron chi connectivity index (χ0n) is 6.92. The average molecular weight is 250 g/mol. The molecule has 0 unspecified atom stereocenters. The van der Waals surface area contributed by atoms with E-state index in [1.54, 1.807) is 23.1 Å². The van der Waals surface area contributed by atoms with Gasteiger partial charge in [-0.3, -0.25) is 4.40 Å². The lowest BCUT2D eigenvalue weighted by Crippen LogP contribution is -1.92. The highest BCUT2D eigenvalue weighted by atomic mass is 79.9. The van der Waals surface area contributed by atoms with Gasteiger partial charge in [-0.2, -0.15) is 0 Å². The summed E-state index contributed by atoms with van der Waals surface area (Å²) in [6, 6.07) is 1.90. The fourth-order valence-corrected chi connectivity index (χ4v) is 1.64. The minimum absolute atomic E-state index is 0.701. The Labute approximate surface area is 86.9 Å². The topological polar surface area (TPSA) is 56.0 Å². The summed E-state index contributed by atoms with van der Waals surface area (Å²) in [7, 11) is 0. The second-order valence-corrected chi connectivity index (χ2v) is 3.73. The van der Waals surface area contributed by atoms with Crippen molar-refractivity contribution in [2.75, 3.05) is 0 Å². The second kappa shape index (κ2) is 2.71. The van der Waals surface area contributed by atoms with Crippen LogP contribution in [0.3, 0.4) is 0 Å². The third-order valence-electron chi connectivity index (χ3n) is 1.94. The maximum Gasteiger partial charge on any atom is 0.180 e. The van der Waals surface area contributed by atoms with Crippen molar-refractivity contribution in [2.24, 2.45) is 0 Å². The van der Waals surface area contributed by atoms with Crippen molar-refractivity contribution in [3.63, 3.8) is 0 Å². The van der Waals surface area contributed by atoms with Gasteiger partial charge >= 0.3 is 0 Å². The molecule has 0 fully saturated rings. The minimum Gasteiger partial charge on any atom is -0.262 e. The summed E-state index contributed by atoms with van der Waals surface area (Å²) < 4.78 is 2.71. The quantitative estimate of drug-likeness (QED) is 0.605. The summed E-state index contributed by atoms with van der Waals surface area (Å²) in [5.41, 5.74) is 2.27. The van der Waals surface area contributed by atoms with Crippen molar-refractivity contribution < 1.29 is 0 Å². The Hall–Kier alpha value is -1.56. The first-order valence-corrected chi connectivity index (χ1v) is 4.74. The molecule has 5 nitrogen and oxygen atoms in total. The maximum atomic E-state index is 4.25. The third-order valence-corrected chi connectivity index (χ3v) is 2.37. The lowest BCUT2D eigenvalue weighted by Gasteiger charge is -1.98. The van der Waals surface area contributed by atoms with Crippen LogP contribution in [0.5, 0.6) is 0 Å². The van der Waals surface area contributed by atoms with E-state index in [0.717, 1.165) is 15.6 Å². The molecule has 0 atom stereocenters. The van der Waals surface area contributed by atoms with Gasteiger partial charge in [0.2, 0.25) is 0 Å². The van der Waals surface area contributed by atoms with Gasteiger partial charge < -0.3 is 0 Å². The van der Waals surface area contributed by atoms with Gasteiger partial charge in [-0.1, -0.05) is 0 Å². The Balaban J connectivity index is 2.57. The number of rotatable bonds is 0. The molecular formula is C8H4BrN5. The number of halogens is 1. The maximum absolute atomic E-state index is 4.25. The molecule has 68 valence electrons. The summed E-state index contributed by atoms with van der Waals surface area (Å²) in [5.74, 6) is 0. The van der Waals surface area contributed by atoms with E-state index in [9.17, 15) is 0 Å². The van der Waals surface area contributed by atoms with Crippen LogP contribution < -0.4 is 0 Å². The fraction of sp³-hybridized carbons (Fsp3) is 0. The van der Waals surface area contributed by atoms with Gasteiger partial charge in [-0.25, -0.2) is 9.97 Å². The van der Waals surface area contributed by atoms with Crippen LogP contribution in [-0.4, -0.2) is 24.6 Å². The van der Waals surface area contributed by atoms with Crippen LogP contribution in [-0.2, 0) is 0 Å². The molecule has 0 saturated heterocycles. The van der Waals surface area contributed by atoms with Crippen molar-refractivity contribution in [3.8, 4) is 0 Å². The fourth-order valence-electron chi connectivity index (χ4n) is 1.32. The van der Waals surface area contributed by atoms with Crippen LogP contribution in [0.2, 0.25) is 0 Å². The smallest absolute Gasteiger partial charge is 0.180 e. The summed E-state index contributed by atoms with van der Waals surface area (Å²) in [6.45, 7) is 0. The second-order valence-electron chi connectivity index (χ2n) is 2.81. The highest BCUT2D eigenvalue weighted by Gasteiger charge is 2.03. The normalized spacial score (nSPS) is 11.2. The summed E-state index contributed by atoms with van der Waals surface area (Å²) in [6.07, 6.45) is 5.02. The van der Waals surface area contributed by atoms with E-state index in [0.29, 0.717) is 5.65 Å². The first-order valence-electron chi connectivity index (χ1n) is 3.94. The van der Waals surface area contributed by atoms with Crippen molar-refractivity contribution >= 4 is 32.7 Å². The molecule has 0 aromatic carbocycles. The molecule has 0 amide bonds. The van der Waals surface area contributed by atoms with E-state index < -0.39 is 0 Å². The zero-order valence-corrected chi connectivity index (χ0v) is 8.51. The van der Waals surface area contributed by atoms with Gasteiger partial charge in [-0.05, 0) is 22.0 Å². The van der Waals surface area contributed by atoms with Gasteiger partial charge in [0.05, 0.1) is 6.20 Å². The van der Waals surface area contributed by atoms with Crippen LogP contribution in [0.1, 0.15) is 0 Å². The molecule has 0 spiro atoms. The zero-order chi connectivity index (χ0) is 9.54. The molecule has 14 heavy (non-hydrogen) atoms. The molecular weight excluding hydrogens is 246 g/mol. The average Bonchev–Trinajstić information content (AvgIpc) is 2.65. The monoisotopic (exact) mass is 249 g/mol. The van der Waals surface area contributed by atoms with Crippen molar-refractivity contribution in [1.29, 1.82) is 0 Å². The molecule has 3 aromatic heterocycles. The first kappa shape index (κ1) is 7.81. The molecule has 0 aliphatic carbocycles. The molecule has 3 aromatic rings. The predicted molar refractivity (Wildman–Crippen MR) is 53.8 cm³/mol. The van der Waals surface area contributed by atoms with E-state index in [-0.39, 0.29) is 0 Å². The SMILES string of the molecule is Brc1cnc2c(c1)ncc1nncn12. The number of hydrogen-bond donors (Lipinski definition) is 0. The van der Waals surface area contributed by atoms with Gasteiger partial charge in [0.15, 0.2) is 11.3 Å². The molecule has 0 radical (unpaired) electrons. The van der Waals surface area contributed by atoms with Gasteiger partial charge in [0.1, 0.15) is 11.8 Å². The summed E-state index contributed by atoms with van der Waals surface area (Å²) in [5, 5.41) is 7.69. The Morgan fingerprint density at radius 3 is 3.07 bits per heavy atom. The standard InChI is InChI=1S/C8H4BrN5/c9-5-1-6-8(11-2-5)14-4-12-13-7(14)3-10-6/h1-4H. The summed E-state index contributed by atoms with van der Waals surface area (Å²) in [4.78, 5) is 8.48. The number of nitrogens with zero attached hydrogens (tertiary/aromatic N) is 5. The van der Waals surface area contributed by atoms with Crippen molar-refractivity contribution in [2.45, 2.75) is 0 Å². The van der Waals surface area contributed by atoms with Gasteiger partial charge in [0, 0.05) is 10.7 Å². The molecule has 3 rings (SSSR count). The van der Waals surface area contributed by atoms with E-state index in [4.69, 9.17) is 0 Å². The Morgan fingerprint density at radius 1 is 1.21 bits per heavy atom. The molecule has 0 aliphatic rings. The van der Waals surface area contributed by atoms with E-state index in [1.807, 2.05) is 6.07 Å². The van der Waals surface area contributed by atoms with Crippen LogP contribution in [0.15, 0.2) is 29.3 Å². The van der Waals surface area contributed by atoms with E-state index >= 15 is 0 Å². The predicted octanol–water partition coefficient (Wildman–Crippen LogP) is 1.43. The number of hydrogen-bond acceptors (Lipinski definition) is 4. The lowest BCUT2D eigenvalue weighted by atomic mass is 10.4. The van der Waals surface area contributed by atoms with Crippen molar-refractivity contribution in [1.82, 2.24) is 24.6 Å². The molecule has 0 bridgehead atoms. The van der Waals surface area contributed by atoms with Crippen molar-refractivity contribution in [3.05, 3.63) is 29.3 Å². The number of fused-ring (bicyclic) bond motifs is 3. The molecule has 0 aliphatic heterocycles. The van der Waals surface area contributed by atoms with Crippen LogP contribution in [0.25, 0.3) is 16.8 Å². The Kier molecular flexibility index (Phi) is 1.51. The molecule has 0 saturated carbocycles. The van der Waals surface area contributed by atoms with E-state index in [1.165, 1.54) is 0 Å². The van der Waals surface area contributed by atoms with E-state index in [2.05, 4.69) is 36.1 Å². The van der Waals surface area contributed by atoms with Crippen LogP contribution in [0.4, 0.5) is 0 Å². The Morgan fingerprint density at radius 2 is 2.14 bits per heavy atom.